The number of aryl methyl sites for hydroxylation is 1. The summed E-state index contributed by atoms with van der Waals surface area (Å²) in [6, 6.07) is 16.7. The van der Waals surface area contributed by atoms with Gasteiger partial charge in [0.2, 0.25) is 5.91 Å². The van der Waals surface area contributed by atoms with Crippen LogP contribution in [-0.4, -0.2) is 92.0 Å². The maximum absolute atomic E-state index is 13.4. The summed E-state index contributed by atoms with van der Waals surface area (Å²) in [5.74, 6) is 0.631. The molecule has 0 bridgehead atoms. The molecule has 2 aromatic carbocycles. The van der Waals surface area contributed by atoms with Gasteiger partial charge in [-0.05, 0) is 79.3 Å². The molecule has 1 aromatic heterocycles. The van der Waals surface area contributed by atoms with Crippen LogP contribution in [0, 0.1) is 6.92 Å². The predicted molar refractivity (Wildman–Crippen MR) is 183 cm³/mol. The highest BCUT2D eigenvalue weighted by Crippen LogP contribution is 2.50. The summed E-state index contributed by atoms with van der Waals surface area (Å²) in [6.45, 7) is 3.78. The number of aliphatic hydroxyl groups is 5. The molecule has 48 heavy (non-hydrogen) atoms. The number of ether oxygens (including phenoxy) is 1. The zero-order chi connectivity index (χ0) is 34.4. The minimum Gasteiger partial charge on any atom is -0.490 e. The molecule has 0 radical (unpaired) electrons. The monoisotopic (exact) mass is 661 g/mol. The number of rotatable bonds is 18. The van der Waals surface area contributed by atoms with Crippen molar-refractivity contribution in [1.82, 2.24) is 15.2 Å². The van der Waals surface area contributed by atoms with Crippen LogP contribution >= 0.6 is 0 Å². The van der Waals surface area contributed by atoms with Crippen LogP contribution in [0.3, 0.4) is 0 Å². The van der Waals surface area contributed by atoms with Gasteiger partial charge in [-0.2, -0.15) is 0 Å². The Morgan fingerprint density at radius 3 is 2.46 bits per heavy atom. The summed E-state index contributed by atoms with van der Waals surface area (Å²) in [5, 5.41) is 53.3. The minimum atomic E-state index is -1.74. The van der Waals surface area contributed by atoms with Gasteiger partial charge in [-0.1, -0.05) is 55.3 Å². The number of carbonyl (C=O) groups is 1. The van der Waals surface area contributed by atoms with Crippen molar-refractivity contribution in [1.29, 1.82) is 0 Å². The van der Waals surface area contributed by atoms with E-state index < -0.39 is 31.0 Å². The number of nitrogens with zero attached hydrogens (tertiary/aromatic N) is 2. The number of nitrogens with one attached hydrogen (secondary N) is 1. The summed E-state index contributed by atoms with van der Waals surface area (Å²) in [5.41, 5.74) is 6.50. The summed E-state index contributed by atoms with van der Waals surface area (Å²) < 4.78 is 6.28. The first kappa shape index (κ1) is 35.9. The summed E-state index contributed by atoms with van der Waals surface area (Å²) >= 11 is 0. The van der Waals surface area contributed by atoms with E-state index in [-0.39, 0.29) is 30.3 Å². The number of likely N-dealkylation sites (N-methyl/N-ethyl adjacent to an activating group) is 1. The lowest BCUT2D eigenvalue weighted by molar-refractivity contribution is -0.138. The first-order valence-corrected chi connectivity index (χ1v) is 17.2. The summed E-state index contributed by atoms with van der Waals surface area (Å²) in [7, 11) is 1.55. The van der Waals surface area contributed by atoms with Gasteiger partial charge in [-0.3, -0.25) is 9.78 Å². The number of para-hydroxylation sites is 1. The molecule has 2 saturated carbocycles. The highest BCUT2D eigenvalue weighted by molar-refractivity contribution is 5.77. The van der Waals surface area contributed by atoms with Crippen LogP contribution in [0.25, 0.3) is 11.1 Å². The third-order valence-electron chi connectivity index (χ3n) is 9.71. The Balaban J connectivity index is 1.31. The van der Waals surface area contributed by atoms with Gasteiger partial charge in [0.25, 0.3) is 0 Å². The molecule has 2 aliphatic rings. The van der Waals surface area contributed by atoms with Crippen LogP contribution in [0.2, 0.25) is 0 Å². The molecule has 6 N–H and O–H groups in total. The Hall–Kier alpha value is -3.38. The molecule has 260 valence electrons. The number of amides is 1. The first-order chi connectivity index (χ1) is 23.1. The molecule has 5 atom stereocenters. The van der Waals surface area contributed by atoms with Crippen LogP contribution in [0.1, 0.15) is 80.0 Å². The second-order valence-electron chi connectivity index (χ2n) is 13.6. The standard InChI is InChI=1S/C38H51N3O7/c1-4-7-25(19-35(45)41(3)22-32(43)36(46)37(47)33(44)23-42)28-13-10-24(2)18-26(28)20-40-38(15-16-38)31-21-39-17-14-29(31)30-8-5-6-9-34(30)48-27-11-12-27/h5-6,8-10,13-14,17-18,21,25,27,32-33,36-37,40,42-44,46-47H,4,7,11-12,15-16,19-20,22-23H2,1-3H3/t25?,32-,33+,36+,37+/m0/s1. The van der Waals surface area contributed by atoms with E-state index in [1.165, 1.54) is 4.90 Å². The minimum absolute atomic E-state index is 0.0678. The largest absolute Gasteiger partial charge is 0.490 e. The summed E-state index contributed by atoms with van der Waals surface area (Å²) in [6.07, 6.45) is 3.56. The molecule has 1 amide bonds. The van der Waals surface area contributed by atoms with Gasteiger partial charge in [0.1, 0.15) is 30.2 Å². The number of hydrogen-bond acceptors (Lipinski definition) is 9. The molecule has 1 unspecified atom stereocenters. The van der Waals surface area contributed by atoms with Crippen molar-refractivity contribution in [3.63, 3.8) is 0 Å². The van der Waals surface area contributed by atoms with Gasteiger partial charge >= 0.3 is 0 Å². The van der Waals surface area contributed by atoms with Crippen molar-refractivity contribution < 1.29 is 35.1 Å². The van der Waals surface area contributed by atoms with Crippen molar-refractivity contribution in [3.8, 4) is 16.9 Å². The van der Waals surface area contributed by atoms with Crippen molar-refractivity contribution >= 4 is 5.91 Å². The van der Waals surface area contributed by atoms with Crippen LogP contribution in [0.15, 0.2) is 60.9 Å². The second-order valence-corrected chi connectivity index (χ2v) is 13.6. The first-order valence-electron chi connectivity index (χ1n) is 17.2. The SMILES string of the molecule is CCCC(CC(=O)N(C)C[C@H](O)[C@@H](O)[C@H](O)[C@H](O)CO)c1ccc(C)cc1CNC1(c2cnccc2-c2ccccc2OC2CC2)CC1. The fourth-order valence-electron chi connectivity index (χ4n) is 6.52. The smallest absolute Gasteiger partial charge is 0.223 e. The van der Waals surface area contributed by atoms with Gasteiger partial charge in [0, 0.05) is 50.1 Å². The second kappa shape index (κ2) is 15.9. The van der Waals surface area contributed by atoms with E-state index in [1.807, 2.05) is 30.6 Å². The molecule has 0 aliphatic heterocycles. The Kier molecular flexibility index (Phi) is 11.9. The molecule has 0 saturated heterocycles. The molecule has 0 spiro atoms. The van der Waals surface area contributed by atoms with Crippen molar-refractivity contribution in [3.05, 3.63) is 83.2 Å². The average Bonchev–Trinajstić information content (AvgIpc) is 4.04. The molecule has 2 fully saturated rings. The lowest BCUT2D eigenvalue weighted by atomic mass is 9.86. The fraction of sp³-hybridized carbons (Fsp3) is 0.526. The fourth-order valence-corrected chi connectivity index (χ4v) is 6.52. The highest BCUT2D eigenvalue weighted by atomic mass is 16.5. The molecule has 2 aliphatic carbocycles. The number of pyridine rings is 1. The molecule has 5 rings (SSSR count). The normalized spacial score (nSPS) is 18.4. The van der Waals surface area contributed by atoms with E-state index in [9.17, 15) is 25.2 Å². The summed E-state index contributed by atoms with van der Waals surface area (Å²) in [4.78, 5) is 19.3. The van der Waals surface area contributed by atoms with Crippen molar-refractivity contribution in [2.75, 3.05) is 20.2 Å². The Bertz CT molecular complexity index is 1530. The number of aromatic nitrogens is 1. The Morgan fingerprint density at radius 2 is 1.77 bits per heavy atom. The molecular weight excluding hydrogens is 610 g/mol. The van der Waals surface area contributed by atoms with E-state index in [4.69, 9.17) is 9.84 Å². The lowest BCUT2D eigenvalue weighted by Gasteiger charge is -2.30. The number of aliphatic hydroxyl groups excluding tert-OH is 5. The molecule has 1 heterocycles. The topological polar surface area (TPSA) is 156 Å². The van der Waals surface area contributed by atoms with Crippen LogP contribution in [0.4, 0.5) is 0 Å². The predicted octanol–water partition coefficient (Wildman–Crippen LogP) is 3.55. The van der Waals surface area contributed by atoms with Crippen LogP contribution < -0.4 is 10.1 Å². The van der Waals surface area contributed by atoms with Gasteiger partial charge < -0.3 is 40.5 Å². The van der Waals surface area contributed by atoms with Crippen LogP contribution in [-0.2, 0) is 16.9 Å². The molecule has 10 heteroatoms. The van der Waals surface area contributed by atoms with E-state index in [0.29, 0.717) is 12.6 Å². The quantitative estimate of drug-likeness (QED) is 0.120. The third-order valence-corrected chi connectivity index (χ3v) is 9.71. The van der Waals surface area contributed by atoms with Gasteiger partial charge in [0.05, 0.1) is 12.7 Å². The number of carbonyl (C=O) groups excluding carboxylic acids is 1. The van der Waals surface area contributed by atoms with Crippen molar-refractivity contribution in [2.24, 2.45) is 0 Å². The van der Waals surface area contributed by atoms with E-state index in [1.54, 1.807) is 7.05 Å². The van der Waals surface area contributed by atoms with E-state index >= 15 is 0 Å². The Morgan fingerprint density at radius 1 is 1.04 bits per heavy atom. The number of benzene rings is 2. The van der Waals surface area contributed by atoms with E-state index in [0.717, 1.165) is 77.7 Å². The zero-order valence-corrected chi connectivity index (χ0v) is 28.3. The highest BCUT2D eigenvalue weighted by Gasteiger charge is 2.46. The Labute approximate surface area is 283 Å². The van der Waals surface area contributed by atoms with Gasteiger partial charge in [0.15, 0.2) is 0 Å². The van der Waals surface area contributed by atoms with Gasteiger partial charge in [-0.25, -0.2) is 0 Å². The molecular formula is C38H51N3O7. The molecule has 3 aromatic rings. The third kappa shape index (κ3) is 8.61. The maximum Gasteiger partial charge on any atom is 0.223 e. The van der Waals surface area contributed by atoms with Crippen molar-refractivity contribution in [2.45, 2.75) is 107 Å². The average molecular weight is 662 g/mol. The lowest BCUT2D eigenvalue weighted by Crippen LogP contribution is -2.50. The number of hydrogen-bond donors (Lipinski definition) is 6. The van der Waals surface area contributed by atoms with Gasteiger partial charge in [-0.15, -0.1) is 0 Å². The zero-order valence-electron chi connectivity index (χ0n) is 28.3. The molecule has 10 nitrogen and oxygen atoms in total. The maximum atomic E-state index is 13.4. The van der Waals surface area contributed by atoms with Crippen LogP contribution in [0.5, 0.6) is 5.75 Å². The van der Waals surface area contributed by atoms with E-state index in [2.05, 4.69) is 54.5 Å².